The maximum absolute atomic E-state index is 12.1. The Balaban J connectivity index is 2.06. The van der Waals surface area contributed by atoms with Gasteiger partial charge in [0.1, 0.15) is 6.61 Å². The number of hydrogen-bond donors (Lipinski definition) is 1. The average Bonchev–Trinajstić information content (AvgIpc) is 2.65. The fourth-order valence-electron chi connectivity index (χ4n) is 1.99. The number of sulfonamides is 1. The highest BCUT2D eigenvalue weighted by atomic mass is 32.2. The van der Waals surface area contributed by atoms with Crippen molar-refractivity contribution >= 4 is 21.7 Å². The van der Waals surface area contributed by atoms with Crippen LogP contribution in [-0.2, 0) is 21.4 Å². The maximum Gasteiger partial charge on any atom is 0.338 e. The summed E-state index contributed by atoms with van der Waals surface area (Å²) in [6, 6.07) is 11.0. The van der Waals surface area contributed by atoms with Crippen LogP contribution < -0.4 is 4.72 Å². The van der Waals surface area contributed by atoms with E-state index in [0.717, 1.165) is 0 Å². The maximum atomic E-state index is 12.1. The normalized spacial score (nSPS) is 10.9. The molecule has 0 saturated heterocycles. The monoisotopic (exact) mass is 376 g/mol. The summed E-state index contributed by atoms with van der Waals surface area (Å²) in [6.07, 6.45) is 1.40. The molecule has 0 aromatic heterocycles. The van der Waals surface area contributed by atoms with Crippen molar-refractivity contribution in [2.24, 2.45) is 0 Å². The van der Waals surface area contributed by atoms with Crippen LogP contribution in [0.2, 0.25) is 0 Å². The van der Waals surface area contributed by atoms with Gasteiger partial charge in [-0.2, -0.15) is 0 Å². The highest BCUT2D eigenvalue weighted by Crippen LogP contribution is 2.15. The number of ether oxygens (including phenoxy) is 1. The molecule has 0 amide bonds. The van der Waals surface area contributed by atoms with Gasteiger partial charge < -0.3 is 4.74 Å². The van der Waals surface area contributed by atoms with Crippen LogP contribution in [0.1, 0.15) is 15.9 Å². The van der Waals surface area contributed by atoms with Crippen LogP contribution in [0.4, 0.5) is 5.69 Å². The molecule has 0 atom stereocenters. The first-order valence-electron chi connectivity index (χ1n) is 7.44. The minimum atomic E-state index is -3.75. The Bertz CT molecular complexity index is 923. The van der Waals surface area contributed by atoms with Crippen LogP contribution in [-0.4, -0.2) is 25.9 Å². The van der Waals surface area contributed by atoms with E-state index in [1.807, 2.05) is 0 Å². The Morgan fingerprint density at radius 2 is 1.92 bits per heavy atom. The molecule has 26 heavy (non-hydrogen) atoms. The first-order valence-corrected chi connectivity index (χ1v) is 8.93. The van der Waals surface area contributed by atoms with Crippen molar-refractivity contribution in [3.8, 4) is 0 Å². The smallest absolute Gasteiger partial charge is 0.338 e. The third-order valence-electron chi connectivity index (χ3n) is 3.31. The minimum Gasteiger partial charge on any atom is -0.457 e. The first-order chi connectivity index (χ1) is 12.3. The summed E-state index contributed by atoms with van der Waals surface area (Å²) < 4.78 is 31.6. The SMILES string of the molecule is C=CCNS(=O)(=O)c1cccc(C(=O)OCc2ccc([N+](=O)[O-])cc2)c1. The van der Waals surface area contributed by atoms with Crippen molar-refractivity contribution in [2.75, 3.05) is 6.54 Å². The van der Waals surface area contributed by atoms with Gasteiger partial charge in [0.25, 0.3) is 5.69 Å². The van der Waals surface area contributed by atoms with Crippen LogP contribution in [0.5, 0.6) is 0 Å². The molecule has 9 heteroatoms. The Kier molecular flexibility index (Phi) is 6.21. The molecule has 0 aliphatic carbocycles. The summed E-state index contributed by atoms with van der Waals surface area (Å²) in [7, 11) is -3.75. The van der Waals surface area contributed by atoms with E-state index < -0.39 is 20.9 Å². The summed E-state index contributed by atoms with van der Waals surface area (Å²) in [5.74, 6) is -0.705. The highest BCUT2D eigenvalue weighted by Gasteiger charge is 2.16. The lowest BCUT2D eigenvalue weighted by atomic mass is 10.2. The zero-order valence-electron chi connectivity index (χ0n) is 13.6. The fraction of sp³-hybridized carbons (Fsp3) is 0.118. The predicted molar refractivity (Wildman–Crippen MR) is 94.0 cm³/mol. The van der Waals surface area contributed by atoms with Gasteiger partial charge in [-0.05, 0) is 35.9 Å². The molecule has 0 spiro atoms. The van der Waals surface area contributed by atoms with Crippen molar-refractivity contribution in [3.63, 3.8) is 0 Å². The van der Waals surface area contributed by atoms with E-state index in [9.17, 15) is 23.3 Å². The summed E-state index contributed by atoms with van der Waals surface area (Å²) in [5.41, 5.74) is 0.582. The fourth-order valence-corrected chi connectivity index (χ4v) is 3.03. The third-order valence-corrected chi connectivity index (χ3v) is 4.74. The Hall–Kier alpha value is -3.04. The molecule has 0 bridgehead atoms. The average molecular weight is 376 g/mol. The minimum absolute atomic E-state index is 0.0648. The molecule has 0 fully saturated rings. The lowest BCUT2D eigenvalue weighted by Crippen LogP contribution is -2.23. The number of carbonyl (C=O) groups excluding carboxylic acids is 1. The largest absolute Gasteiger partial charge is 0.457 e. The van der Waals surface area contributed by atoms with Crippen LogP contribution in [0, 0.1) is 10.1 Å². The van der Waals surface area contributed by atoms with E-state index in [1.165, 1.54) is 54.6 Å². The second kappa shape index (κ2) is 8.37. The van der Waals surface area contributed by atoms with E-state index in [4.69, 9.17) is 4.74 Å². The van der Waals surface area contributed by atoms with E-state index in [2.05, 4.69) is 11.3 Å². The molecule has 136 valence electrons. The number of nitrogens with zero attached hydrogens (tertiary/aromatic N) is 1. The molecular formula is C17H16N2O6S. The van der Waals surface area contributed by atoms with Gasteiger partial charge in [-0.1, -0.05) is 12.1 Å². The summed E-state index contributed by atoms with van der Waals surface area (Å²) >= 11 is 0. The van der Waals surface area contributed by atoms with Gasteiger partial charge in [-0.3, -0.25) is 10.1 Å². The highest BCUT2D eigenvalue weighted by molar-refractivity contribution is 7.89. The number of carbonyl (C=O) groups is 1. The standard InChI is InChI=1S/C17H16N2O6S/c1-2-10-18-26(23,24)16-5-3-4-14(11-16)17(20)25-12-13-6-8-15(9-7-13)19(21)22/h2-9,11,18H,1,10,12H2. The molecule has 0 aliphatic heterocycles. The third kappa shape index (κ3) is 4.98. The van der Waals surface area contributed by atoms with E-state index in [0.29, 0.717) is 5.56 Å². The summed E-state index contributed by atoms with van der Waals surface area (Å²) in [5, 5.41) is 10.6. The van der Waals surface area contributed by atoms with E-state index in [1.54, 1.807) is 0 Å². The number of nitrogens with one attached hydrogen (secondary N) is 1. The van der Waals surface area contributed by atoms with E-state index >= 15 is 0 Å². The lowest BCUT2D eigenvalue weighted by Gasteiger charge is -2.08. The molecule has 2 rings (SSSR count). The molecule has 0 unspecified atom stereocenters. The van der Waals surface area contributed by atoms with Gasteiger partial charge in [0.15, 0.2) is 0 Å². The zero-order valence-corrected chi connectivity index (χ0v) is 14.4. The van der Waals surface area contributed by atoms with Crippen molar-refractivity contribution < 1.29 is 22.9 Å². The van der Waals surface area contributed by atoms with Gasteiger partial charge in [-0.15, -0.1) is 6.58 Å². The molecule has 0 radical (unpaired) electrons. The second-order valence-electron chi connectivity index (χ2n) is 5.17. The van der Waals surface area contributed by atoms with Crippen molar-refractivity contribution in [1.29, 1.82) is 0 Å². The molecular weight excluding hydrogens is 360 g/mol. The molecule has 2 aromatic carbocycles. The molecule has 1 N–H and O–H groups in total. The van der Waals surface area contributed by atoms with Crippen molar-refractivity contribution in [2.45, 2.75) is 11.5 Å². The van der Waals surface area contributed by atoms with Crippen molar-refractivity contribution in [3.05, 3.63) is 82.4 Å². The molecule has 8 nitrogen and oxygen atoms in total. The van der Waals surface area contributed by atoms with Crippen LogP contribution in [0.25, 0.3) is 0 Å². The molecule has 2 aromatic rings. The topological polar surface area (TPSA) is 116 Å². The van der Waals surface area contributed by atoms with Gasteiger partial charge in [0, 0.05) is 18.7 Å². The summed E-state index contributed by atoms with van der Waals surface area (Å²) in [4.78, 5) is 22.1. The van der Waals surface area contributed by atoms with Gasteiger partial charge in [0.05, 0.1) is 15.4 Å². The number of benzene rings is 2. The quantitative estimate of drug-likeness (QED) is 0.327. The van der Waals surface area contributed by atoms with Gasteiger partial charge in [0.2, 0.25) is 10.0 Å². The van der Waals surface area contributed by atoms with E-state index in [-0.39, 0.29) is 29.3 Å². The number of non-ortho nitro benzene ring substituents is 1. The van der Waals surface area contributed by atoms with Gasteiger partial charge >= 0.3 is 5.97 Å². The number of hydrogen-bond acceptors (Lipinski definition) is 6. The summed E-state index contributed by atoms with van der Waals surface area (Å²) in [6.45, 7) is 3.40. The van der Waals surface area contributed by atoms with Gasteiger partial charge in [-0.25, -0.2) is 17.9 Å². The Morgan fingerprint density at radius 3 is 2.54 bits per heavy atom. The van der Waals surface area contributed by atoms with Crippen molar-refractivity contribution in [1.82, 2.24) is 4.72 Å². The number of esters is 1. The number of nitro benzene ring substituents is 1. The first kappa shape index (κ1) is 19.3. The number of nitro groups is 1. The lowest BCUT2D eigenvalue weighted by molar-refractivity contribution is -0.384. The molecule has 0 aliphatic rings. The second-order valence-corrected chi connectivity index (χ2v) is 6.94. The Morgan fingerprint density at radius 1 is 1.23 bits per heavy atom. The zero-order chi connectivity index (χ0) is 19.2. The van der Waals surface area contributed by atoms with Crippen LogP contribution in [0.3, 0.4) is 0 Å². The molecule has 0 heterocycles. The molecule has 0 saturated carbocycles. The van der Waals surface area contributed by atoms with Crippen LogP contribution >= 0.6 is 0 Å². The number of rotatable bonds is 8. The predicted octanol–water partition coefficient (Wildman–Crippen LogP) is 2.42. The van der Waals surface area contributed by atoms with Crippen LogP contribution in [0.15, 0.2) is 66.1 Å². The Labute approximate surface area is 150 Å².